The minimum Gasteiger partial charge on any atom is -0.493 e. The van der Waals surface area contributed by atoms with Crippen LogP contribution in [0.25, 0.3) is 11.3 Å². The first-order valence-corrected chi connectivity index (χ1v) is 12.4. The van der Waals surface area contributed by atoms with E-state index in [1.165, 1.54) is 6.92 Å². The molecule has 1 N–H and O–H groups in total. The molecule has 33 heavy (non-hydrogen) atoms. The maximum Gasteiger partial charge on any atom is 0.410 e. The molecule has 3 rings (SSSR count). The smallest absolute Gasteiger partial charge is 0.410 e. The topological polar surface area (TPSA) is 85.7 Å². The number of likely N-dealkylation sites (tertiary alicyclic amines) is 1. The number of anilines is 1. The standard InChI is InChI=1S/C23H30Br2N4O4/c1-14-20(24)21(29(25)27-14)18-12-17(26-15(2)30)6-7-19(18)32-13-16-8-10-28(11-9-16)22(31)33-23(3,4)5/h6-7,12,16H,8-11,13H2,1-5H3,(H,26,30). The van der Waals surface area contributed by atoms with Crippen LogP contribution < -0.4 is 10.1 Å². The number of hydrogen-bond acceptors (Lipinski definition) is 5. The molecule has 1 aromatic carbocycles. The van der Waals surface area contributed by atoms with E-state index in [0.29, 0.717) is 37.1 Å². The molecule has 1 aliphatic rings. The van der Waals surface area contributed by atoms with Crippen LogP contribution in [0.2, 0.25) is 0 Å². The maximum absolute atomic E-state index is 12.3. The second kappa shape index (κ2) is 10.5. The molecule has 0 radical (unpaired) electrons. The van der Waals surface area contributed by atoms with Gasteiger partial charge in [0.05, 0.1) is 38.6 Å². The lowest BCUT2D eigenvalue weighted by Gasteiger charge is -2.33. The molecule has 1 fully saturated rings. The summed E-state index contributed by atoms with van der Waals surface area (Å²) in [5, 5.41) is 7.23. The molecule has 2 amide bonds. The van der Waals surface area contributed by atoms with Gasteiger partial charge in [-0.2, -0.15) is 8.81 Å². The molecule has 0 saturated carbocycles. The van der Waals surface area contributed by atoms with Crippen LogP contribution in [0.5, 0.6) is 5.75 Å². The summed E-state index contributed by atoms with van der Waals surface area (Å²) in [5.74, 6) is 0.875. The van der Waals surface area contributed by atoms with E-state index < -0.39 is 5.60 Å². The molecular weight excluding hydrogens is 556 g/mol. The number of nitrogens with one attached hydrogen (secondary N) is 1. The highest BCUT2D eigenvalue weighted by atomic mass is 79.9. The van der Waals surface area contributed by atoms with Gasteiger partial charge < -0.3 is 19.7 Å². The highest BCUT2D eigenvalue weighted by Crippen LogP contribution is 2.39. The molecule has 2 aromatic rings. The monoisotopic (exact) mass is 584 g/mol. The molecule has 1 aromatic heterocycles. The van der Waals surface area contributed by atoms with E-state index in [1.807, 2.05) is 45.9 Å². The first-order chi connectivity index (χ1) is 15.4. The van der Waals surface area contributed by atoms with Crippen molar-refractivity contribution in [1.82, 2.24) is 13.7 Å². The number of piperidine rings is 1. The molecule has 0 aliphatic carbocycles. The van der Waals surface area contributed by atoms with E-state index in [4.69, 9.17) is 9.47 Å². The summed E-state index contributed by atoms with van der Waals surface area (Å²) in [6.07, 6.45) is 1.43. The van der Waals surface area contributed by atoms with Crippen molar-refractivity contribution in [2.75, 3.05) is 25.0 Å². The molecule has 2 heterocycles. The van der Waals surface area contributed by atoms with Gasteiger partial charge in [0, 0.05) is 31.3 Å². The lowest BCUT2D eigenvalue weighted by Crippen LogP contribution is -2.42. The number of amides is 2. The zero-order chi connectivity index (χ0) is 24.3. The number of carbonyl (C=O) groups excluding carboxylic acids is 2. The number of aromatic nitrogens is 2. The van der Waals surface area contributed by atoms with Gasteiger partial charge in [-0.05, 0) is 80.6 Å². The molecule has 8 nitrogen and oxygen atoms in total. The fraction of sp³-hybridized carbons (Fsp3) is 0.522. The van der Waals surface area contributed by atoms with Crippen molar-refractivity contribution in [3.63, 3.8) is 0 Å². The van der Waals surface area contributed by atoms with Crippen molar-refractivity contribution in [2.45, 2.75) is 53.1 Å². The summed E-state index contributed by atoms with van der Waals surface area (Å²) in [6.45, 7) is 10.8. The van der Waals surface area contributed by atoms with E-state index in [1.54, 1.807) is 8.61 Å². The Morgan fingerprint density at radius 3 is 2.45 bits per heavy atom. The quantitative estimate of drug-likeness (QED) is 0.482. The Kier molecular flexibility index (Phi) is 8.10. The normalized spacial score (nSPS) is 14.8. The largest absolute Gasteiger partial charge is 0.493 e. The molecule has 1 aliphatic heterocycles. The summed E-state index contributed by atoms with van der Waals surface area (Å²) in [4.78, 5) is 25.6. The number of ether oxygens (including phenoxy) is 2. The highest BCUT2D eigenvalue weighted by molar-refractivity contribution is 9.10. The lowest BCUT2D eigenvalue weighted by molar-refractivity contribution is -0.114. The first-order valence-electron chi connectivity index (χ1n) is 10.9. The number of rotatable bonds is 5. The summed E-state index contributed by atoms with van der Waals surface area (Å²) in [6, 6.07) is 5.56. The number of carbonyl (C=O) groups is 2. The van der Waals surface area contributed by atoms with Crippen LogP contribution in [-0.2, 0) is 9.53 Å². The molecular formula is C23H30Br2N4O4. The molecule has 0 bridgehead atoms. The van der Waals surface area contributed by atoms with E-state index in [9.17, 15) is 9.59 Å². The predicted molar refractivity (Wildman–Crippen MR) is 135 cm³/mol. The van der Waals surface area contributed by atoms with E-state index in [0.717, 1.165) is 34.3 Å². The van der Waals surface area contributed by atoms with Gasteiger partial charge in [0.2, 0.25) is 5.91 Å². The third-order valence-corrected chi connectivity index (χ3v) is 6.71. The van der Waals surface area contributed by atoms with Gasteiger partial charge in [-0.15, -0.1) is 0 Å². The number of hydrogen-bond donors (Lipinski definition) is 1. The van der Waals surface area contributed by atoms with Gasteiger partial charge >= 0.3 is 6.09 Å². The van der Waals surface area contributed by atoms with Crippen molar-refractivity contribution >= 4 is 49.8 Å². The zero-order valence-electron chi connectivity index (χ0n) is 19.6. The van der Waals surface area contributed by atoms with Crippen LogP contribution in [0.4, 0.5) is 10.5 Å². The Balaban J connectivity index is 1.71. The first kappa shape index (κ1) is 25.6. The van der Waals surface area contributed by atoms with Gasteiger partial charge in [-0.25, -0.2) is 4.79 Å². The summed E-state index contributed by atoms with van der Waals surface area (Å²) in [5.41, 5.74) is 2.61. The lowest BCUT2D eigenvalue weighted by atomic mass is 9.98. The highest BCUT2D eigenvalue weighted by Gasteiger charge is 2.27. The van der Waals surface area contributed by atoms with Crippen LogP contribution in [0.15, 0.2) is 22.7 Å². The van der Waals surface area contributed by atoms with E-state index in [-0.39, 0.29) is 12.0 Å². The molecule has 10 heteroatoms. The van der Waals surface area contributed by atoms with Gasteiger partial charge in [0.25, 0.3) is 0 Å². The summed E-state index contributed by atoms with van der Waals surface area (Å²) >= 11 is 7.08. The Hall–Kier alpha value is -2.07. The number of aryl methyl sites for hydroxylation is 1. The van der Waals surface area contributed by atoms with Gasteiger partial charge in [0.15, 0.2) is 0 Å². The Labute approximate surface area is 211 Å². The van der Waals surface area contributed by atoms with Crippen molar-refractivity contribution in [1.29, 1.82) is 0 Å². The van der Waals surface area contributed by atoms with Gasteiger partial charge in [0.1, 0.15) is 11.4 Å². The fourth-order valence-corrected chi connectivity index (χ4v) is 4.94. The van der Waals surface area contributed by atoms with Crippen LogP contribution >= 0.6 is 32.1 Å². The third kappa shape index (κ3) is 6.72. The van der Waals surface area contributed by atoms with Gasteiger partial charge in [-0.1, -0.05) is 0 Å². The van der Waals surface area contributed by atoms with Crippen molar-refractivity contribution in [3.05, 3.63) is 28.4 Å². The van der Waals surface area contributed by atoms with Crippen molar-refractivity contribution in [3.8, 4) is 17.0 Å². The molecule has 0 spiro atoms. The average Bonchev–Trinajstić information content (AvgIpc) is 2.97. The van der Waals surface area contributed by atoms with Crippen LogP contribution in [-0.4, -0.2) is 51.0 Å². The Morgan fingerprint density at radius 2 is 1.91 bits per heavy atom. The number of halogens is 2. The number of benzene rings is 1. The molecule has 180 valence electrons. The molecule has 0 atom stereocenters. The second-order valence-corrected chi connectivity index (χ2v) is 10.7. The van der Waals surface area contributed by atoms with E-state index >= 15 is 0 Å². The molecule has 1 saturated heterocycles. The van der Waals surface area contributed by atoms with Crippen molar-refractivity contribution < 1.29 is 19.1 Å². The molecule has 0 unspecified atom stereocenters. The summed E-state index contributed by atoms with van der Waals surface area (Å²) < 4.78 is 14.2. The van der Waals surface area contributed by atoms with E-state index in [2.05, 4.69) is 42.5 Å². The van der Waals surface area contributed by atoms with Gasteiger partial charge in [-0.3, -0.25) is 4.79 Å². The zero-order valence-corrected chi connectivity index (χ0v) is 22.7. The summed E-state index contributed by atoms with van der Waals surface area (Å²) in [7, 11) is 0. The minimum absolute atomic E-state index is 0.144. The van der Waals surface area contributed by atoms with Crippen LogP contribution in [0.3, 0.4) is 0 Å². The van der Waals surface area contributed by atoms with Crippen molar-refractivity contribution in [2.24, 2.45) is 5.92 Å². The second-order valence-electron chi connectivity index (χ2n) is 9.22. The Morgan fingerprint density at radius 1 is 1.24 bits per heavy atom. The SMILES string of the molecule is CC(=O)Nc1ccc(OCC2CCN(C(=O)OC(C)(C)C)CC2)c(-c2c(Br)c(C)nn2Br)c1. The third-order valence-electron chi connectivity index (χ3n) is 5.24. The van der Waals surface area contributed by atoms with Crippen LogP contribution in [0, 0.1) is 12.8 Å². The minimum atomic E-state index is -0.495. The average molecular weight is 586 g/mol. The predicted octanol–water partition coefficient (Wildman–Crippen LogP) is 5.76. The Bertz CT molecular complexity index is 1020. The maximum atomic E-state index is 12.3. The van der Waals surface area contributed by atoms with Crippen LogP contribution in [0.1, 0.15) is 46.2 Å². The number of nitrogens with zero attached hydrogens (tertiary/aromatic N) is 3. The fourth-order valence-electron chi connectivity index (χ4n) is 3.63.